The van der Waals surface area contributed by atoms with Crippen LogP contribution in [0.2, 0.25) is 0 Å². The lowest BCUT2D eigenvalue weighted by atomic mass is 10.1. The number of likely N-dealkylation sites (tertiary alicyclic amines) is 1. The van der Waals surface area contributed by atoms with Gasteiger partial charge in [0.25, 0.3) is 0 Å². The van der Waals surface area contributed by atoms with Gasteiger partial charge in [0.05, 0.1) is 6.04 Å². The molecule has 94 valence electrons. The third-order valence-electron chi connectivity index (χ3n) is 3.37. The molecule has 1 rings (SSSR count). The predicted molar refractivity (Wildman–Crippen MR) is 66.2 cm³/mol. The maximum Gasteiger partial charge on any atom is 0.239 e. The molecular formula is C12H25N3O. The molecule has 2 N–H and O–H groups in total. The van der Waals surface area contributed by atoms with E-state index in [-0.39, 0.29) is 11.9 Å². The number of likely N-dealkylation sites (N-methyl/N-ethyl adjacent to an activating group) is 1. The van der Waals surface area contributed by atoms with Crippen LogP contribution in [0.5, 0.6) is 0 Å². The van der Waals surface area contributed by atoms with Crippen molar-refractivity contribution in [1.82, 2.24) is 9.80 Å². The molecule has 0 aromatic heterocycles. The second-order valence-corrected chi connectivity index (χ2v) is 5.15. The Morgan fingerprint density at radius 3 is 2.50 bits per heavy atom. The van der Waals surface area contributed by atoms with E-state index in [0.717, 1.165) is 13.1 Å². The van der Waals surface area contributed by atoms with Crippen molar-refractivity contribution < 1.29 is 4.79 Å². The van der Waals surface area contributed by atoms with Crippen LogP contribution in [-0.2, 0) is 4.79 Å². The van der Waals surface area contributed by atoms with Crippen LogP contribution in [0.15, 0.2) is 0 Å². The van der Waals surface area contributed by atoms with E-state index >= 15 is 0 Å². The molecule has 2 atom stereocenters. The van der Waals surface area contributed by atoms with Crippen molar-refractivity contribution in [1.29, 1.82) is 0 Å². The van der Waals surface area contributed by atoms with Gasteiger partial charge in [-0.15, -0.1) is 0 Å². The molecule has 0 bridgehead atoms. The summed E-state index contributed by atoms with van der Waals surface area (Å²) in [5.74, 6) is 0.0651. The van der Waals surface area contributed by atoms with Gasteiger partial charge in [-0.3, -0.25) is 4.79 Å². The first-order valence-electron chi connectivity index (χ1n) is 6.19. The summed E-state index contributed by atoms with van der Waals surface area (Å²) in [7, 11) is 2.13. The summed E-state index contributed by atoms with van der Waals surface area (Å²) in [6, 6.07) is 0.340. The van der Waals surface area contributed by atoms with E-state index in [1.807, 2.05) is 4.90 Å². The van der Waals surface area contributed by atoms with Gasteiger partial charge in [-0.25, -0.2) is 0 Å². The Morgan fingerprint density at radius 1 is 1.50 bits per heavy atom. The molecule has 1 aliphatic heterocycles. The van der Waals surface area contributed by atoms with Gasteiger partial charge < -0.3 is 15.5 Å². The molecule has 1 fully saturated rings. The molecule has 1 heterocycles. The number of rotatable bonds is 4. The summed E-state index contributed by atoms with van der Waals surface area (Å²) < 4.78 is 0. The van der Waals surface area contributed by atoms with Gasteiger partial charge in [0, 0.05) is 18.6 Å². The average Bonchev–Trinajstić information content (AvgIpc) is 2.59. The minimum atomic E-state index is -0.394. The highest BCUT2D eigenvalue weighted by Crippen LogP contribution is 2.17. The highest BCUT2D eigenvalue weighted by molar-refractivity contribution is 5.81. The van der Waals surface area contributed by atoms with Gasteiger partial charge in [0.2, 0.25) is 5.91 Å². The summed E-state index contributed by atoms with van der Waals surface area (Å²) in [6.07, 6.45) is 2.42. The van der Waals surface area contributed by atoms with Crippen LogP contribution in [0.1, 0.15) is 33.6 Å². The lowest BCUT2D eigenvalue weighted by molar-refractivity contribution is -0.134. The van der Waals surface area contributed by atoms with Gasteiger partial charge in [0.1, 0.15) is 0 Å². The van der Waals surface area contributed by atoms with Gasteiger partial charge in [-0.05, 0) is 47.2 Å². The van der Waals surface area contributed by atoms with Crippen molar-refractivity contribution in [3.63, 3.8) is 0 Å². The Labute approximate surface area is 98.8 Å². The fourth-order valence-electron chi connectivity index (χ4n) is 2.25. The molecule has 1 amide bonds. The molecule has 0 spiro atoms. The summed E-state index contributed by atoms with van der Waals surface area (Å²) in [5, 5.41) is 0. The lowest BCUT2D eigenvalue weighted by Crippen LogP contribution is -2.50. The first-order chi connectivity index (χ1) is 7.43. The van der Waals surface area contributed by atoms with E-state index in [1.165, 1.54) is 12.8 Å². The Hall–Kier alpha value is -0.610. The standard InChI is InChI=1S/C12H25N3O/c1-9(2)15(12(16)10(3)13)8-11-6-5-7-14(11)4/h9-11H,5-8,13H2,1-4H3/t10-,11?/m0/s1. The molecule has 0 aromatic rings. The Bertz CT molecular complexity index is 240. The summed E-state index contributed by atoms with van der Waals surface area (Å²) >= 11 is 0. The number of carbonyl (C=O) groups is 1. The zero-order valence-corrected chi connectivity index (χ0v) is 10.9. The van der Waals surface area contributed by atoms with E-state index in [2.05, 4.69) is 25.8 Å². The van der Waals surface area contributed by atoms with Crippen molar-refractivity contribution in [3.8, 4) is 0 Å². The largest absolute Gasteiger partial charge is 0.337 e. The third kappa shape index (κ3) is 3.19. The fraction of sp³-hybridized carbons (Fsp3) is 0.917. The minimum Gasteiger partial charge on any atom is -0.337 e. The molecule has 1 unspecified atom stereocenters. The predicted octanol–water partition coefficient (Wildman–Crippen LogP) is 0.665. The lowest BCUT2D eigenvalue weighted by Gasteiger charge is -2.33. The first kappa shape index (κ1) is 13.5. The normalized spacial score (nSPS) is 23.8. The van der Waals surface area contributed by atoms with Crippen molar-refractivity contribution in [3.05, 3.63) is 0 Å². The summed E-state index contributed by atoms with van der Waals surface area (Å²) in [4.78, 5) is 16.2. The molecule has 1 aliphatic rings. The smallest absolute Gasteiger partial charge is 0.239 e. The first-order valence-corrected chi connectivity index (χ1v) is 6.19. The van der Waals surface area contributed by atoms with Crippen LogP contribution in [0.25, 0.3) is 0 Å². The van der Waals surface area contributed by atoms with Crippen LogP contribution in [0.3, 0.4) is 0 Å². The summed E-state index contributed by atoms with van der Waals surface area (Å²) in [6.45, 7) is 7.82. The molecule has 1 saturated heterocycles. The number of nitrogens with two attached hydrogens (primary N) is 1. The van der Waals surface area contributed by atoms with Gasteiger partial charge >= 0.3 is 0 Å². The molecule has 0 aliphatic carbocycles. The van der Waals surface area contributed by atoms with Crippen LogP contribution >= 0.6 is 0 Å². The van der Waals surface area contributed by atoms with Crippen LogP contribution in [0.4, 0.5) is 0 Å². The highest BCUT2D eigenvalue weighted by Gasteiger charge is 2.28. The van der Waals surface area contributed by atoms with Crippen molar-refractivity contribution >= 4 is 5.91 Å². The van der Waals surface area contributed by atoms with E-state index in [0.29, 0.717) is 6.04 Å². The quantitative estimate of drug-likeness (QED) is 0.768. The highest BCUT2D eigenvalue weighted by atomic mass is 16.2. The van der Waals surface area contributed by atoms with Crippen LogP contribution in [-0.4, -0.2) is 54.0 Å². The van der Waals surface area contributed by atoms with Crippen molar-refractivity contribution in [2.24, 2.45) is 5.73 Å². The summed E-state index contributed by atoms with van der Waals surface area (Å²) in [5.41, 5.74) is 5.68. The Kier molecular flexibility index (Phi) is 4.74. The Morgan fingerprint density at radius 2 is 2.12 bits per heavy atom. The number of carbonyl (C=O) groups excluding carboxylic acids is 1. The van der Waals surface area contributed by atoms with E-state index < -0.39 is 6.04 Å². The molecule has 0 aromatic carbocycles. The van der Waals surface area contributed by atoms with E-state index in [4.69, 9.17) is 5.73 Å². The molecule has 0 radical (unpaired) electrons. The van der Waals surface area contributed by atoms with E-state index in [9.17, 15) is 4.79 Å². The molecule has 4 nitrogen and oxygen atoms in total. The maximum absolute atomic E-state index is 12.0. The number of nitrogens with zero attached hydrogens (tertiary/aromatic N) is 2. The van der Waals surface area contributed by atoms with Crippen LogP contribution < -0.4 is 5.73 Å². The number of hydrogen-bond donors (Lipinski definition) is 1. The number of amides is 1. The van der Waals surface area contributed by atoms with Crippen molar-refractivity contribution in [2.75, 3.05) is 20.1 Å². The fourth-order valence-corrected chi connectivity index (χ4v) is 2.25. The third-order valence-corrected chi connectivity index (χ3v) is 3.37. The monoisotopic (exact) mass is 227 g/mol. The molecule has 0 saturated carbocycles. The van der Waals surface area contributed by atoms with Crippen molar-refractivity contribution in [2.45, 2.75) is 51.7 Å². The van der Waals surface area contributed by atoms with E-state index in [1.54, 1.807) is 6.92 Å². The SMILES string of the molecule is CC(C)N(CC1CCCN1C)C(=O)[C@H](C)N. The van der Waals surface area contributed by atoms with Crippen LogP contribution in [0, 0.1) is 0 Å². The molecule has 4 heteroatoms. The molecule has 16 heavy (non-hydrogen) atoms. The molecular weight excluding hydrogens is 202 g/mol. The topological polar surface area (TPSA) is 49.6 Å². The van der Waals surface area contributed by atoms with Gasteiger partial charge in [0.15, 0.2) is 0 Å². The zero-order chi connectivity index (χ0) is 12.3. The van der Waals surface area contributed by atoms with Gasteiger partial charge in [-0.2, -0.15) is 0 Å². The zero-order valence-electron chi connectivity index (χ0n) is 10.9. The van der Waals surface area contributed by atoms with Gasteiger partial charge in [-0.1, -0.05) is 0 Å². The average molecular weight is 227 g/mol. The number of hydrogen-bond acceptors (Lipinski definition) is 3. The minimum absolute atomic E-state index is 0.0651. The Balaban J connectivity index is 2.61. The maximum atomic E-state index is 12.0. The second kappa shape index (κ2) is 5.64. The second-order valence-electron chi connectivity index (χ2n) is 5.15.